The Morgan fingerprint density at radius 1 is 1.14 bits per heavy atom. The van der Waals surface area contributed by atoms with Crippen LogP contribution in [-0.4, -0.2) is 67.0 Å². The molecule has 4 heteroatoms. The predicted molar refractivity (Wildman–Crippen MR) is 57.4 cm³/mol. The van der Waals surface area contributed by atoms with E-state index in [0.29, 0.717) is 6.04 Å². The van der Waals surface area contributed by atoms with Gasteiger partial charge in [-0.3, -0.25) is 0 Å². The van der Waals surface area contributed by atoms with Gasteiger partial charge in [-0.2, -0.15) is 0 Å². The molecule has 2 amide bonds. The average Bonchev–Trinajstić information content (AvgIpc) is 2.45. The average molecular weight is 199 g/mol. The topological polar surface area (TPSA) is 26.8 Å². The second-order valence-electron chi connectivity index (χ2n) is 3.77. The molecule has 82 valence electrons. The standard InChI is InChI=1S/C8H15N3O.C2H6/c1-9-3-4-11-7(5-9)6-10(2)8(11)12;1-2/h7H,3-6H2,1-2H3;1-2H3. The van der Waals surface area contributed by atoms with E-state index in [4.69, 9.17) is 0 Å². The van der Waals surface area contributed by atoms with Gasteiger partial charge < -0.3 is 14.7 Å². The van der Waals surface area contributed by atoms with E-state index in [1.807, 2.05) is 30.7 Å². The largest absolute Gasteiger partial charge is 0.326 e. The van der Waals surface area contributed by atoms with E-state index in [9.17, 15) is 4.79 Å². The molecule has 0 aromatic heterocycles. The molecule has 0 aromatic rings. The first-order valence-electron chi connectivity index (χ1n) is 5.39. The van der Waals surface area contributed by atoms with Crippen molar-refractivity contribution in [2.45, 2.75) is 19.9 Å². The van der Waals surface area contributed by atoms with Crippen molar-refractivity contribution in [3.05, 3.63) is 0 Å². The summed E-state index contributed by atoms with van der Waals surface area (Å²) in [6.45, 7) is 7.82. The predicted octanol–water partition coefficient (Wildman–Crippen LogP) is 0.694. The number of fused-ring (bicyclic) bond motifs is 1. The van der Waals surface area contributed by atoms with Gasteiger partial charge in [-0.15, -0.1) is 0 Å². The number of amides is 2. The van der Waals surface area contributed by atoms with E-state index < -0.39 is 0 Å². The number of urea groups is 1. The Kier molecular flexibility index (Phi) is 3.75. The third-order valence-corrected chi connectivity index (χ3v) is 2.74. The van der Waals surface area contributed by atoms with Crippen molar-refractivity contribution in [1.82, 2.24) is 14.7 Å². The summed E-state index contributed by atoms with van der Waals surface area (Å²) in [6.07, 6.45) is 0. The minimum atomic E-state index is 0.202. The number of likely N-dealkylation sites (N-methyl/N-ethyl adjacent to an activating group) is 2. The molecular formula is C10H21N3O. The van der Waals surface area contributed by atoms with Gasteiger partial charge >= 0.3 is 6.03 Å². The van der Waals surface area contributed by atoms with E-state index in [1.165, 1.54) is 0 Å². The maximum Gasteiger partial charge on any atom is 0.320 e. The Morgan fingerprint density at radius 3 is 2.43 bits per heavy atom. The first-order valence-corrected chi connectivity index (χ1v) is 5.39. The SMILES string of the molecule is CC.CN1CCN2C(=O)N(C)CC2C1. The monoisotopic (exact) mass is 199 g/mol. The molecule has 2 saturated heterocycles. The van der Waals surface area contributed by atoms with Crippen LogP contribution in [0, 0.1) is 0 Å². The summed E-state index contributed by atoms with van der Waals surface area (Å²) in [5.74, 6) is 0. The van der Waals surface area contributed by atoms with Crippen LogP contribution in [-0.2, 0) is 0 Å². The van der Waals surface area contributed by atoms with E-state index in [1.54, 1.807) is 0 Å². The summed E-state index contributed by atoms with van der Waals surface area (Å²) in [5.41, 5.74) is 0. The van der Waals surface area contributed by atoms with Crippen molar-refractivity contribution in [1.29, 1.82) is 0 Å². The highest BCUT2D eigenvalue weighted by molar-refractivity contribution is 5.77. The molecule has 0 N–H and O–H groups in total. The van der Waals surface area contributed by atoms with Crippen LogP contribution in [0.1, 0.15) is 13.8 Å². The highest BCUT2D eigenvalue weighted by atomic mass is 16.2. The number of rotatable bonds is 0. The molecule has 0 aromatic carbocycles. The molecule has 2 rings (SSSR count). The number of carbonyl (C=O) groups is 1. The maximum absolute atomic E-state index is 11.5. The molecule has 0 radical (unpaired) electrons. The van der Waals surface area contributed by atoms with Gasteiger partial charge in [-0.05, 0) is 7.05 Å². The summed E-state index contributed by atoms with van der Waals surface area (Å²) in [4.78, 5) is 17.6. The van der Waals surface area contributed by atoms with Crippen LogP contribution in [0.2, 0.25) is 0 Å². The fraction of sp³-hybridized carbons (Fsp3) is 0.900. The highest BCUT2D eigenvalue weighted by Crippen LogP contribution is 2.17. The van der Waals surface area contributed by atoms with Crippen molar-refractivity contribution in [3.63, 3.8) is 0 Å². The molecule has 14 heavy (non-hydrogen) atoms. The fourth-order valence-electron chi connectivity index (χ4n) is 2.03. The van der Waals surface area contributed by atoms with Gasteiger partial charge in [0, 0.05) is 33.2 Å². The van der Waals surface area contributed by atoms with E-state index in [2.05, 4.69) is 11.9 Å². The third kappa shape index (κ3) is 2.00. The Hall–Kier alpha value is -0.770. The molecule has 0 saturated carbocycles. The number of nitrogens with zero attached hydrogens (tertiary/aromatic N) is 3. The molecule has 0 bridgehead atoms. The van der Waals surface area contributed by atoms with Crippen LogP contribution in [0.15, 0.2) is 0 Å². The zero-order chi connectivity index (χ0) is 10.7. The van der Waals surface area contributed by atoms with Crippen LogP contribution < -0.4 is 0 Å². The first kappa shape index (κ1) is 11.3. The highest BCUT2D eigenvalue weighted by Gasteiger charge is 2.37. The lowest BCUT2D eigenvalue weighted by molar-refractivity contribution is 0.138. The minimum Gasteiger partial charge on any atom is -0.326 e. The van der Waals surface area contributed by atoms with Crippen LogP contribution in [0.5, 0.6) is 0 Å². The smallest absolute Gasteiger partial charge is 0.320 e. The Morgan fingerprint density at radius 2 is 1.79 bits per heavy atom. The molecule has 0 aliphatic carbocycles. The third-order valence-electron chi connectivity index (χ3n) is 2.74. The van der Waals surface area contributed by atoms with Crippen molar-refractivity contribution < 1.29 is 4.79 Å². The van der Waals surface area contributed by atoms with Crippen LogP contribution in [0.25, 0.3) is 0 Å². The minimum absolute atomic E-state index is 0.202. The lowest BCUT2D eigenvalue weighted by atomic mass is 10.2. The number of hydrogen-bond acceptors (Lipinski definition) is 2. The molecular weight excluding hydrogens is 178 g/mol. The maximum atomic E-state index is 11.5. The van der Waals surface area contributed by atoms with Crippen molar-refractivity contribution >= 4 is 6.03 Å². The van der Waals surface area contributed by atoms with Crippen molar-refractivity contribution in [2.24, 2.45) is 0 Å². The van der Waals surface area contributed by atoms with E-state index in [-0.39, 0.29) is 6.03 Å². The first-order chi connectivity index (χ1) is 6.68. The number of hydrogen-bond donors (Lipinski definition) is 0. The molecule has 0 spiro atoms. The number of carbonyl (C=O) groups excluding carboxylic acids is 1. The second-order valence-corrected chi connectivity index (χ2v) is 3.77. The second kappa shape index (κ2) is 4.64. The van der Waals surface area contributed by atoms with Crippen LogP contribution in [0.4, 0.5) is 4.79 Å². The molecule has 2 aliphatic heterocycles. The lowest BCUT2D eigenvalue weighted by Crippen LogP contribution is -2.50. The molecule has 1 unspecified atom stereocenters. The Balaban J connectivity index is 0.000000461. The molecule has 4 nitrogen and oxygen atoms in total. The normalized spacial score (nSPS) is 27.1. The van der Waals surface area contributed by atoms with Crippen LogP contribution >= 0.6 is 0 Å². The van der Waals surface area contributed by atoms with Gasteiger partial charge in [0.05, 0.1) is 6.04 Å². The van der Waals surface area contributed by atoms with Gasteiger partial charge in [-0.1, -0.05) is 13.8 Å². The van der Waals surface area contributed by atoms with E-state index >= 15 is 0 Å². The van der Waals surface area contributed by atoms with Crippen molar-refractivity contribution in [3.8, 4) is 0 Å². The van der Waals surface area contributed by atoms with Gasteiger partial charge in [0.2, 0.25) is 0 Å². The van der Waals surface area contributed by atoms with Gasteiger partial charge in [0.25, 0.3) is 0 Å². The lowest BCUT2D eigenvalue weighted by Gasteiger charge is -2.33. The quantitative estimate of drug-likeness (QED) is 0.574. The Bertz CT molecular complexity index is 208. The van der Waals surface area contributed by atoms with Gasteiger partial charge in [0.1, 0.15) is 0 Å². The summed E-state index contributed by atoms with van der Waals surface area (Å²) < 4.78 is 0. The van der Waals surface area contributed by atoms with Crippen molar-refractivity contribution in [2.75, 3.05) is 40.3 Å². The van der Waals surface area contributed by atoms with Crippen LogP contribution in [0.3, 0.4) is 0 Å². The zero-order valence-electron chi connectivity index (χ0n) is 9.66. The zero-order valence-corrected chi connectivity index (χ0v) is 9.66. The molecule has 2 fully saturated rings. The van der Waals surface area contributed by atoms with Gasteiger partial charge in [0.15, 0.2) is 0 Å². The molecule has 2 aliphatic rings. The summed E-state index contributed by atoms with van der Waals surface area (Å²) >= 11 is 0. The molecule has 2 heterocycles. The summed E-state index contributed by atoms with van der Waals surface area (Å²) in [6, 6.07) is 0.634. The fourth-order valence-corrected chi connectivity index (χ4v) is 2.03. The number of piperazine rings is 1. The summed E-state index contributed by atoms with van der Waals surface area (Å²) in [7, 11) is 3.99. The van der Waals surface area contributed by atoms with Gasteiger partial charge in [-0.25, -0.2) is 4.79 Å². The Labute approximate surface area is 86.5 Å². The molecule has 1 atom stereocenters. The van der Waals surface area contributed by atoms with E-state index in [0.717, 1.165) is 26.2 Å². The summed E-state index contributed by atoms with van der Waals surface area (Å²) in [5, 5.41) is 0.